The van der Waals surface area contributed by atoms with E-state index < -0.39 is 0 Å². The van der Waals surface area contributed by atoms with Crippen LogP contribution < -0.4 is 10.1 Å². The maximum Gasteiger partial charge on any atom is 0.165 e. The molecular weight excluding hydrogens is 269 g/mol. The first-order valence-electron chi connectivity index (χ1n) is 7.54. The van der Waals surface area contributed by atoms with Gasteiger partial charge in [0, 0.05) is 12.1 Å². The van der Waals surface area contributed by atoms with E-state index in [1.807, 2.05) is 26.8 Å². The molecule has 120 valence electrons. The van der Waals surface area contributed by atoms with Crippen molar-refractivity contribution < 1.29 is 13.9 Å². The molecule has 0 fully saturated rings. The van der Waals surface area contributed by atoms with Crippen molar-refractivity contribution in [2.75, 3.05) is 19.8 Å². The zero-order chi connectivity index (χ0) is 15.9. The number of hydrogen-bond donors (Lipinski definition) is 1. The van der Waals surface area contributed by atoms with Crippen molar-refractivity contribution in [1.82, 2.24) is 5.32 Å². The van der Waals surface area contributed by atoms with Crippen LogP contribution in [0.25, 0.3) is 0 Å². The van der Waals surface area contributed by atoms with Crippen LogP contribution in [0.1, 0.15) is 40.2 Å². The summed E-state index contributed by atoms with van der Waals surface area (Å²) < 4.78 is 25.1. The largest absolute Gasteiger partial charge is 0.488 e. The SMILES string of the molecule is CC(C)CNCc1cccc(F)c1OCCOC(C)(C)C. The second-order valence-corrected chi connectivity index (χ2v) is 6.56. The fraction of sp³-hybridized carbons (Fsp3) is 0.647. The Bertz CT molecular complexity index is 427. The van der Waals surface area contributed by atoms with Crippen molar-refractivity contribution in [2.45, 2.75) is 46.8 Å². The van der Waals surface area contributed by atoms with Gasteiger partial charge in [-0.2, -0.15) is 0 Å². The standard InChI is InChI=1S/C17H28FNO2/c1-13(2)11-19-12-14-7-6-8-15(18)16(14)20-9-10-21-17(3,4)5/h6-8,13,19H,9-12H2,1-5H3. The lowest BCUT2D eigenvalue weighted by atomic mass is 10.1. The Labute approximate surface area is 127 Å². The molecule has 0 radical (unpaired) electrons. The van der Waals surface area contributed by atoms with Crippen molar-refractivity contribution in [3.63, 3.8) is 0 Å². The van der Waals surface area contributed by atoms with E-state index in [1.165, 1.54) is 6.07 Å². The van der Waals surface area contributed by atoms with E-state index in [0.29, 0.717) is 31.4 Å². The van der Waals surface area contributed by atoms with E-state index in [9.17, 15) is 4.39 Å². The Kier molecular flexibility index (Phi) is 7.12. The molecule has 1 aromatic rings. The summed E-state index contributed by atoms with van der Waals surface area (Å²) in [6.07, 6.45) is 0. The predicted molar refractivity (Wildman–Crippen MR) is 84.1 cm³/mol. The molecule has 0 saturated carbocycles. The number of benzene rings is 1. The van der Waals surface area contributed by atoms with Crippen molar-refractivity contribution >= 4 is 0 Å². The lowest BCUT2D eigenvalue weighted by Crippen LogP contribution is -2.23. The summed E-state index contributed by atoms with van der Waals surface area (Å²) in [6.45, 7) is 12.5. The molecule has 1 rings (SSSR count). The van der Waals surface area contributed by atoms with E-state index >= 15 is 0 Å². The van der Waals surface area contributed by atoms with Gasteiger partial charge in [0.25, 0.3) is 0 Å². The predicted octanol–water partition coefficient (Wildman–Crippen LogP) is 3.77. The number of hydrogen-bond acceptors (Lipinski definition) is 3. The molecule has 0 aliphatic carbocycles. The topological polar surface area (TPSA) is 30.5 Å². The van der Waals surface area contributed by atoms with Crippen molar-refractivity contribution in [3.8, 4) is 5.75 Å². The van der Waals surface area contributed by atoms with Gasteiger partial charge in [0.2, 0.25) is 0 Å². The molecule has 21 heavy (non-hydrogen) atoms. The molecule has 0 unspecified atom stereocenters. The third kappa shape index (κ3) is 7.44. The summed E-state index contributed by atoms with van der Waals surface area (Å²) in [7, 11) is 0. The number of ether oxygens (including phenoxy) is 2. The third-order valence-electron chi connectivity index (χ3n) is 2.78. The molecule has 0 heterocycles. The molecule has 0 aliphatic rings. The van der Waals surface area contributed by atoms with Crippen LogP contribution in [-0.4, -0.2) is 25.4 Å². The summed E-state index contributed by atoms with van der Waals surface area (Å²) in [5.74, 6) is 0.559. The Hall–Kier alpha value is -1.13. The summed E-state index contributed by atoms with van der Waals surface area (Å²) in [6, 6.07) is 5.02. The van der Waals surface area contributed by atoms with Crippen LogP contribution in [0.3, 0.4) is 0 Å². The fourth-order valence-corrected chi connectivity index (χ4v) is 1.84. The molecule has 1 aromatic carbocycles. The maximum atomic E-state index is 13.9. The summed E-state index contributed by atoms with van der Waals surface area (Å²) in [4.78, 5) is 0. The van der Waals surface area contributed by atoms with Crippen LogP contribution in [0.15, 0.2) is 18.2 Å². The minimum Gasteiger partial charge on any atom is -0.488 e. The monoisotopic (exact) mass is 297 g/mol. The third-order valence-corrected chi connectivity index (χ3v) is 2.78. The molecule has 3 nitrogen and oxygen atoms in total. The minimum atomic E-state index is -0.324. The summed E-state index contributed by atoms with van der Waals surface area (Å²) >= 11 is 0. The van der Waals surface area contributed by atoms with Gasteiger partial charge in [0.1, 0.15) is 6.61 Å². The van der Waals surface area contributed by atoms with Gasteiger partial charge < -0.3 is 14.8 Å². The molecular formula is C17H28FNO2. The normalized spacial score (nSPS) is 12.0. The Morgan fingerprint density at radius 2 is 1.90 bits per heavy atom. The molecule has 0 atom stereocenters. The van der Waals surface area contributed by atoms with Gasteiger partial charge in [-0.15, -0.1) is 0 Å². The Morgan fingerprint density at radius 1 is 1.19 bits per heavy atom. The van der Waals surface area contributed by atoms with Crippen molar-refractivity contribution in [1.29, 1.82) is 0 Å². The van der Waals surface area contributed by atoms with Gasteiger partial charge in [-0.1, -0.05) is 26.0 Å². The maximum absolute atomic E-state index is 13.9. The first-order chi connectivity index (χ1) is 9.79. The van der Waals surface area contributed by atoms with Gasteiger partial charge >= 0.3 is 0 Å². The molecule has 0 spiro atoms. The quantitative estimate of drug-likeness (QED) is 0.741. The molecule has 0 amide bonds. The van der Waals surface area contributed by atoms with Crippen LogP contribution in [-0.2, 0) is 11.3 Å². The van der Waals surface area contributed by atoms with Crippen LogP contribution in [0.2, 0.25) is 0 Å². The van der Waals surface area contributed by atoms with E-state index in [4.69, 9.17) is 9.47 Å². The van der Waals surface area contributed by atoms with Gasteiger partial charge in [0.15, 0.2) is 11.6 Å². The zero-order valence-electron chi connectivity index (χ0n) is 13.8. The highest BCUT2D eigenvalue weighted by Gasteiger charge is 2.12. The molecule has 1 N–H and O–H groups in total. The van der Waals surface area contributed by atoms with E-state index in [0.717, 1.165) is 12.1 Å². The lowest BCUT2D eigenvalue weighted by Gasteiger charge is -2.20. The minimum absolute atomic E-state index is 0.208. The summed E-state index contributed by atoms with van der Waals surface area (Å²) in [5, 5.41) is 3.31. The van der Waals surface area contributed by atoms with Crippen molar-refractivity contribution in [2.24, 2.45) is 5.92 Å². The first kappa shape index (κ1) is 17.9. The lowest BCUT2D eigenvalue weighted by molar-refractivity contribution is -0.0167. The second-order valence-electron chi connectivity index (χ2n) is 6.56. The molecule has 4 heteroatoms. The van der Waals surface area contributed by atoms with Crippen LogP contribution in [0, 0.1) is 11.7 Å². The van der Waals surface area contributed by atoms with E-state index in [2.05, 4.69) is 19.2 Å². The first-order valence-corrected chi connectivity index (χ1v) is 7.54. The van der Waals surface area contributed by atoms with E-state index in [-0.39, 0.29) is 11.4 Å². The number of halogens is 1. The van der Waals surface area contributed by atoms with Crippen LogP contribution in [0.5, 0.6) is 5.75 Å². The van der Waals surface area contributed by atoms with Crippen LogP contribution >= 0.6 is 0 Å². The molecule has 0 saturated heterocycles. The number of nitrogens with one attached hydrogen (secondary N) is 1. The Balaban J connectivity index is 2.55. The van der Waals surface area contributed by atoms with Gasteiger partial charge in [-0.25, -0.2) is 4.39 Å². The average Bonchev–Trinajstić information content (AvgIpc) is 2.35. The van der Waals surface area contributed by atoms with Gasteiger partial charge in [0.05, 0.1) is 12.2 Å². The number of rotatable bonds is 8. The highest BCUT2D eigenvalue weighted by Crippen LogP contribution is 2.22. The molecule has 0 aliphatic heterocycles. The molecule has 0 aromatic heterocycles. The number of para-hydroxylation sites is 1. The zero-order valence-corrected chi connectivity index (χ0v) is 13.8. The highest BCUT2D eigenvalue weighted by atomic mass is 19.1. The smallest absolute Gasteiger partial charge is 0.165 e. The molecule has 0 bridgehead atoms. The van der Waals surface area contributed by atoms with Gasteiger partial charge in [-0.3, -0.25) is 0 Å². The average molecular weight is 297 g/mol. The van der Waals surface area contributed by atoms with Crippen molar-refractivity contribution in [3.05, 3.63) is 29.6 Å². The fourth-order valence-electron chi connectivity index (χ4n) is 1.84. The van der Waals surface area contributed by atoms with Crippen LogP contribution in [0.4, 0.5) is 4.39 Å². The summed E-state index contributed by atoms with van der Waals surface area (Å²) in [5.41, 5.74) is 0.631. The second kappa shape index (κ2) is 8.35. The highest BCUT2D eigenvalue weighted by molar-refractivity contribution is 5.34. The van der Waals surface area contributed by atoms with E-state index in [1.54, 1.807) is 6.07 Å². The van der Waals surface area contributed by atoms with Gasteiger partial charge in [-0.05, 0) is 39.3 Å². The Morgan fingerprint density at radius 3 is 2.52 bits per heavy atom.